The minimum atomic E-state index is -1.02. The molecule has 1 amide bonds. The van der Waals surface area contributed by atoms with Gasteiger partial charge in [-0.2, -0.15) is 0 Å². The van der Waals surface area contributed by atoms with Gasteiger partial charge in [0.15, 0.2) is 0 Å². The van der Waals surface area contributed by atoms with E-state index in [4.69, 9.17) is 5.11 Å². The Bertz CT molecular complexity index is 528. The smallest absolute Gasteiger partial charge is 0.337 e. The Kier molecular flexibility index (Phi) is 4.37. The molecule has 1 atom stereocenters. The van der Waals surface area contributed by atoms with Crippen LogP contribution in [-0.2, 0) is 0 Å². The van der Waals surface area contributed by atoms with E-state index < -0.39 is 5.97 Å². The number of carbonyl (C=O) groups is 2. The predicted octanol–water partition coefficient (Wildman–Crippen LogP) is 2.35. The van der Waals surface area contributed by atoms with E-state index in [2.05, 4.69) is 11.9 Å². The van der Waals surface area contributed by atoms with Crippen LogP contribution in [0.5, 0.6) is 0 Å². The molecule has 1 aromatic heterocycles. The maximum absolute atomic E-state index is 12.4. The van der Waals surface area contributed by atoms with Crippen molar-refractivity contribution in [3.8, 4) is 0 Å². The van der Waals surface area contributed by atoms with Crippen molar-refractivity contribution in [3.05, 3.63) is 29.1 Å². The molecule has 0 bridgehead atoms. The molecule has 1 N–H and O–H groups in total. The summed E-state index contributed by atoms with van der Waals surface area (Å²) in [7, 11) is 0. The number of aromatic nitrogens is 1. The first-order valence-corrected chi connectivity index (χ1v) is 6.99. The van der Waals surface area contributed by atoms with Gasteiger partial charge in [-0.15, -0.1) is 0 Å². The van der Waals surface area contributed by atoms with Crippen LogP contribution in [0.25, 0.3) is 0 Å². The van der Waals surface area contributed by atoms with Crippen molar-refractivity contribution in [2.45, 2.75) is 33.1 Å². The third-order valence-electron chi connectivity index (χ3n) is 3.84. The Balaban J connectivity index is 2.16. The Labute approximate surface area is 118 Å². The van der Waals surface area contributed by atoms with E-state index in [1.54, 1.807) is 6.92 Å². The Morgan fingerprint density at radius 1 is 1.30 bits per heavy atom. The van der Waals surface area contributed by atoms with E-state index in [0.717, 1.165) is 32.4 Å². The molecule has 20 heavy (non-hydrogen) atoms. The highest BCUT2D eigenvalue weighted by Crippen LogP contribution is 2.18. The standard InChI is InChI=1S/C15H20N2O3/c1-10-4-3-8-17(9-7-10)14(18)13-6-5-12(15(19)20)11(2)16-13/h5-6,10H,3-4,7-9H2,1-2H3,(H,19,20). The van der Waals surface area contributed by atoms with Gasteiger partial charge in [-0.3, -0.25) is 4.79 Å². The van der Waals surface area contributed by atoms with Crippen LogP contribution in [0.1, 0.15) is 52.7 Å². The zero-order chi connectivity index (χ0) is 14.7. The van der Waals surface area contributed by atoms with Gasteiger partial charge in [0.2, 0.25) is 0 Å². The molecular formula is C15H20N2O3. The average Bonchev–Trinajstić information content (AvgIpc) is 2.62. The first-order chi connectivity index (χ1) is 9.49. The lowest BCUT2D eigenvalue weighted by Gasteiger charge is -2.20. The summed E-state index contributed by atoms with van der Waals surface area (Å²) in [6, 6.07) is 2.96. The molecule has 2 rings (SSSR count). The summed E-state index contributed by atoms with van der Waals surface area (Å²) in [5, 5.41) is 8.97. The lowest BCUT2D eigenvalue weighted by Crippen LogP contribution is -2.32. The number of hydrogen-bond donors (Lipinski definition) is 1. The highest BCUT2D eigenvalue weighted by atomic mass is 16.4. The molecule has 0 spiro atoms. The Hall–Kier alpha value is -1.91. The molecule has 1 aliphatic heterocycles. The van der Waals surface area contributed by atoms with E-state index in [1.807, 2.05) is 4.90 Å². The van der Waals surface area contributed by atoms with E-state index in [-0.39, 0.29) is 11.5 Å². The SMILES string of the molecule is Cc1nc(C(=O)N2CCCC(C)CC2)ccc1C(=O)O. The van der Waals surface area contributed by atoms with Gasteiger partial charge in [-0.25, -0.2) is 9.78 Å². The van der Waals surface area contributed by atoms with Crippen LogP contribution in [0, 0.1) is 12.8 Å². The van der Waals surface area contributed by atoms with Crippen LogP contribution >= 0.6 is 0 Å². The van der Waals surface area contributed by atoms with Gasteiger partial charge < -0.3 is 10.0 Å². The summed E-state index contributed by atoms with van der Waals surface area (Å²) in [6.45, 7) is 5.33. The van der Waals surface area contributed by atoms with Crippen molar-refractivity contribution in [1.82, 2.24) is 9.88 Å². The average molecular weight is 276 g/mol. The molecule has 1 saturated heterocycles. The van der Waals surface area contributed by atoms with Crippen LogP contribution in [0.4, 0.5) is 0 Å². The number of nitrogens with zero attached hydrogens (tertiary/aromatic N) is 2. The van der Waals surface area contributed by atoms with E-state index in [9.17, 15) is 9.59 Å². The number of carboxylic acids is 1. The van der Waals surface area contributed by atoms with Crippen molar-refractivity contribution in [1.29, 1.82) is 0 Å². The molecular weight excluding hydrogens is 256 g/mol. The predicted molar refractivity (Wildman–Crippen MR) is 74.9 cm³/mol. The summed E-state index contributed by atoms with van der Waals surface area (Å²) in [6.07, 6.45) is 3.17. The summed E-state index contributed by atoms with van der Waals surface area (Å²) < 4.78 is 0. The molecule has 108 valence electrons. The highest BCUT2D eigenvalue weighted by molar-refractivity contribution is 5.94. The molecule has 1 fully saturated rings. The van der Waals surface area contributed by atoms with E-state index in [1.165, 1.54) is 12.1 Å². The van der Waals surface area contributed by atoms with Crippen molar-refractivity contribution >= 4 is 11.9 Å². The Morgan fingerprint density at radius 2 is 2.05 bits per heavy atom. The molecule has 1 aliphatic rings. The fourth-order valence-electron chi connectivity index (χ4n) is 2.53. The van der Waals surface area contributed by atoms with E-state index in [0.29, 0.717) is 17.3 Å². The fourth-order valence-corrected chi connectivity index (χ4v) is 2.53. The number of carbonyl (C=O) groups excluding carboxylic acids is 1. The monoisotopic (exact) mass is 276 g/mol. The zero-order valence-electron chi connectivity index (χ0n) is 11.9. The van der Waals surface area contributed by atoms with Gasteiger partial charge in [0.05, 0.1) is 11.3 Å². The summed E-state index contributed by atoms with van der Waals surface area (Å²) in [4.78, 5) is 29.3. The minimum absolute atomic E-state index is 0.0980. The largest absolute Gasteiger partial charge is 0.478 e. The molecule has 5 nitrogen and oxygen atoms in total. The topological polar surface area (TPSA) is 70.5 Å². The number of amides is 1. The quantitative estimate of drug-likeness (QED) is 0.900. The molecule has 2 heterocycles. The van der Waals surface area contributed by atoms with Gasteiger partial charge in [0.25, 0.3) is 5.91 Å². The van der Waals surface area contributed by atoms with Gasteiger partial charge in [-0.1, -0.05) is 6.92 Å². The second kappa shape index (κ2) is 6.03. The second-order valence-electron chi connectivity index (χ2n) is 5.46. The molecule has 5 heteroatoms. The number of likely N-dealkylation sites (tertiary alicyclic amines) is 1. The lowest BCUT2D eigenvalue weighted by atomic mass is 10.0. The summed E-state index contributed by atoms with van der Waals surface area (Å²) >= 11 is 0. The van der Waals surface area contributed by atoms with Crippen molar-refractivity contribution in [2.75, 3.05) is 13.1 Å². The molecule has 1 aromatic rings. The van der Waals surface area contributed by atoms with Crippen LogP contribution in [-0.4, -0.2) is 40.0 Å². The van der Waals surface area contributed by atoms with Crippen molar-refractivity contribution in [2.24, 2.45) is 5.92 Å². The number of pyridine rings is 1. The highest BCUT2D eigenvalue weighted by Gasteiger charge is 2.21. The maximum Gasteiger partial charge on any atom is 0.337 e. The van der Waals surface area contributed by atoms with Crippen LogP contribution in [0.2, 0.25) is 0 Å². The molecule has 0 aromatic carbocycles. The van der Waals surface area contributed by atoms with Gasteiger partial charge >= 0.3 is 5.97 Å². The number of hydrogen-bond acceptors (Lipinski definition) is 3. The number of aryl methyl sites for hydroxylation is 1. The number of aromatic carboxylic acids is 1. The first-order valence-electron chi connectivity index (χ1n) is 6.99. The first kappa shape index (κ1) is 14.5. The summed E-state index contributed by atoms with van der Waals surface area (Å²) in [5.74, 6) is -0.464. The molecule has 0 radical (unpaired) electrons. The fraction of sp³-hybridized carbons (Fsp3) is 0.533. The molecule has 0 saturated carbocycles. The van der Waals surface area contributed by atoms with Gasteiger partial charge in [0.1, 0.15) is 5.69 Å². The van der Waals surface area contributed by atoms with Crippen LogP contribution in [0.3, 0.4) is 0 Å². The van der Waals surface area contributed by atoms with E-state index >= 15 is 0 Å². The lowest BCUT2D eigenvalue weighted by molar-refractivity contribution is 0.0691. The minimum Gasteiger partial charge on any atom is -0.478 e. The summed E-state index contributed by atoms with van der Waals surface area (Å²) in [5.41, 5.74) is 0.861. The second-order valence-corrected chi connectivity index (χ2v) is 5.46. The van der Waals surface area contributed by atoms with Gasteiger partial charge in [-0.05, 0) is 44.2 Å². The molecule has 1 unspecified atom stereocenters. The van der Waals surface area contributed by atoms with Gasteiger partial charge in [0, 0.05) is 13.1 Å². The zero-order valence-corrected chi connectivity index (χ0v) is 11.9. The number of carboxylic acid groups (broad SMARTS) is 1. The van der Waals surface area contributed by atoms with Crippen molar-refractivity contribution < 1.29 is 14.7 Å². The number of rotatable bonds is 2. The molecule has 0 aliphatic carbocycles. The third kappa shape index (κ3) is 3.15. The third-order valence-corrected chi connectivity index (χ3v) is 3.84. The Morgan fingerprint density at radius 3 is 2.70 bits per heavy atom. The van der Waals surface area contributed by atoms with Crippen LogP contribution in [0.15, 0.2) is 12.1 Å². The maximum atomic E-state index is 12.4. The normalized spacial score (nSPS) is 19.5. The van der Waals surface area contributed by atoms with Crippen molar-refractivity contribution in [3.63, 3.8) is 0 Å². The van der Waals surface area contributed by atoms with Crippen LogP contribution < -0.4 is 0 Å².